The molecule has 4 nitrogen and oxygen atoms in total. The van der Waals surface area contributed by atoms with E-state index in [1.54, 1.807) is 4.90 Å². The lowest BCUT2D eigenvalue weighted by Crippen LogP contribution is -2.37. The first-order valence-electron chi connectivity index (χ1n) is 5.64. The summed E-state index contributed by atoms with van der Waals surface area (Å²) in [5, 5.41) is 0. The third kappa shape index (κ3) is 2.36. The molecular formula is C13H16N2O2. The Labute approximate surface area is 101 Å². The van der Waals surface area contributed by atoms with Gasteiger partial charge in [-0.2, -0.15) is 0 Å². The van der Waals surface area contributed by atoms with Crippen LogP contribution in [0.1, 0.15) is 12.0 Å². The van der Waals surface area contributed by atoms with E-state index in [0.29, 0.717) is 13.0 Å². The number of hydrogen-bond acceptors (Lipinski definition) is 3. The fourth-order valence-electron chi connectivity index (χ4n) is 2.00. The number of rotatable bonds is 3. The highest BCUT2D eigenvalue weighted by molar-refractivity contribution is 6.05. The van der Waals surface area contributed by atoms with E-state index in [4.69, 9.17) is 0 Å². The molecule has 2 amide bonds. The van der Waals surface area contributed by atoms with E-state index >= 15 is 0 Å². The normalized spacial score (nSPS) is 20.4. The number of carbonyl (C=O) groups is 2. The van der Waals surface area contributed by atoms with Gasteiger partial charge in [-0.05, 0) is 19.7 Å². The fraction of sp³-hybridized carbons (Fsp3) is 0.385. The Bertz CT molecular complexity index is 428. The topological polar surface area (TPSA) is 40.6 Å². The van der Waals surface area contributed by atoms with Crippen molar-refractivity contribution in [1.82, 2.24) is 9.80 Å². The standard InChI is InChI=1S/C13H16N2O2/c1-14(2)11-8-12(16)15(13(11)17)9-10-6-4-3-5-7-10/h3-7,11H,8-9H2,1-2H3. The van der Waals surface area contributed by atoms with E-state index in [-0.39, 0.29) is 17.9 Å². The predicted octanol–water partition coefficient (Wildman–Crippen LogP) is 0.876. The van der Waals surface area contributed by atoms with E-state index in [0.717, 1.165) is 5.56 Å². The first-order chi connectivity index (χ1) is 8.09. The molecule has 90 valence electrons. The molecule has 1 aromatic rings. The van der Waals surface area contributed by atoms with Crippen molar-refractivity contribution in [2.24, 2.45) is 0 Å². The van der Waals surface area contributed by atoms with Crippen LogP contribution in [0.5, 0.6) is 0 Å². The van der Waals surface area contributed by atoms with Crippen molar-refractivity contribution < 1.29 is 9.59 Å². The Morgan fingerprint density at radius 1 is 1.24 bits per heavy atom. The van der Waals surface area contributed by atoms with Gasteiger partial charge in [0.25, 0.3) is 0 Å². The highest BCUT2D eigenvalue weighted by Gasteiger charge is 2.39. The van der Waals surface area contributed by atoms with Crippen LogP contribution in [0.4, 0.5) is 0 Å². The summed E-state index contributed by atoms with van der Waals surface area (Å²) in [6.07, 6.45) is 0.290. The van der Waals surface area contributed by atoms with Crippen molar-refractivity contribution >= 4 is 11.8 Å². The fourth-order valence-corrected chi connectivity index (χ4v) is 2.00. The Morgan fingerprint density at radius 3 is 2.41 bits per heavy atom. The van der Waals surface area contributed by atoms with Crippen LogP contribution in [0.25, 0.3) is 0 Å². The van der Waals surface area contributed by atoms with Gasteiger partial charge in [0.05, 0.1) is 19.0 Å². The van der Waals surface area contributed by atoms with Gasteiger partial charge < -0.3 is 0 Å². The van der Waals surface area contributed by atoms with Gasteiger partial charge in [0.15, 0.2) is 0 Å². The van der Waals surface area contributed by atoms with Crippen LogP contribution >= 0.6 is 0 Å². The second-order valence-electron chi connectivity index (χ2n) is 4.49. The van der Waals surface area contributed by atoms with E-state index < -0.39 is 0 Å². The highest BCUT2D eigenvalue weighted by Crippen LogP contribution is 2.19. The van der Waals surface area contributed by atoms with Gasteiger partial charge in [0.1, 0.15) is 0 Å². The van der Waals surface area contributed by atoms with Crippen molar-refractivity contribution in [3.05, 3.63) is 35.9 Å². The van der Waals surface area contributed by atoms with E-state index in [1.165, 1.54) is 4.90 Å². The minimum absolute atomic E-state index is 0.0856. The van der Waals surface area contributed by atoms with E-state index in [2.05, 4.69) is 0 Å². The molecular weight excluding hydrogens is 216 g/mol. The SMILES string of the molecule is CN(C)C1CC(=O)N(Cc2ccccc2)C1=O. The first kappa shape index (κ1) is 11.8. The molecule has 1 heterocycles. The van der Waals surface area contributed by atoms with E-state index in [1.807, 2.05) is 44.4 Å². The molecule has 0 aliphatic carbocycles. The molecule has 0 N–H and O–H groups in total. The van der Waals surface area contributed by atoms with Crippen LogP contribution in [-0.4, -0.2) is 41.8 Å². The van der Waals surface area contributed by atoms with Gasteiger partial charge in [-0.1, -0.05) is 30.3 Å². The van der Waals surface area contributed by atoms with Crippen molar-refractivity contribution in [3.63, 3.8) is 0 Å². The molecule has 0 aromatic heterocycles. The second kappa shape index (κ2) is 4.67. The molecule has 1 saturated heterocycles. The summed E-state index contributed by atoms with van der Waals surface area (Å²) in [7, 11) is 3.64. The average molecular weight is 232 g/mol. The number of likely N-dealkylation sites (N-methyl/N-ethyl adjacent to an activating group) is 1. The number of nitrogens with zero attached hydrogens (tertiary/aromatic N) is 2. The van der Waals surface area contributed by atoms with Gasteiger partial charge in [-0.25, -0.2) is 0 Å². The summed E-state index contributed by atoms with van der Waals surface area (Å²) in [6, 6.07) is 9.27. The zero-order valence-corrected chi connectivity index (χ0v) is 10.1. The lowest BCUT2D eigenvalue weighted by molar-refractivity contribution is -0.140. The molecule has 1 aromatic carbocycles. The summed E-state index contributed by atoms with van der Waals surface area (Å²) in [5.41, 5.74) is 0.980. The zero-order chi connectivity index (χ0) is 12.4. The Kier molecular flexibility index (Phi) is 3.24. The maximum Gasteiger partial charge on any atom is 0.247 e. The van der Waals surface area contributed by atoms with Crippen LogP contribution in [0.15, 0.2) is 30.3 Å². The van der Waals surface area contributed by atoms with Crippen LogP contribution in [0.3, 0.4) is 0 Å². The smallest absolute Gasteiger partial charge is 0.247 e. The number of amides is 2. The minimum atomic E-state index is -0.300. The van der Waals surface area contributed by atoms with Crippen molar-refractivity contribution in [2.45, 2.75) is 19.0 Å². The van der Waals surface area contributed by atoms with E-state index in [9.17, 15) is 9.59 Å². The Balaban J connectivity index is 2.12. The van der Waals surface area contributed by atoms with Gasteiger partial charge in [0.2, 0.25) is 11.8 Å². The molecule has 1 atom stereocenters. The summed E-state index contributed by atoms with van der Waals surface area (Å²) in [5.74, 6) is -0.179. The van der Waals surface area contributed by atoms with Crippen LogP contribution in [-0.2, 0) is 16.1 Å². The molecule has 1 aliphatic heterocycles. The molecule has 1 aliphatic rings. The van der Waals surface area contributed by atoms with Crippen molar-refractivity contribution in [2.75, 3.05) is 14.1 Å². The first-order valence-corrected chi connectivity index (χ1v) is 5.64. The molecule has 1 unspecified atom stereocenters. The summed E-state index contributed by atoms with van der Waals surface area (Å²) in [6.45, 7) is 0.378. The molecule has 1 fully saturated rings. The molecule has 0 radical (unpaired) electrons. The molecule has 0 bridgehead atoms. The number of carbonyl (C=O) groups excluding carboxylic acids is 2. The quantitative estimate of drug-likeness (QED) is 0.726. The van der Waals surface area contributed by atoms with Gasteiger partial charge in [-0.3, -0.25) is 19.4 Å². The van der Waals surface area contributed by atoms with Crippen LogP contribution in [0, 0.1) is 0 Å². The van der Waals surface area contributed by atoms with Crippen LogP contribution < -0.4 is 0 Å². The maximum atomic E-state index is 12.0. The lowest BCUT2D eigenvalue weighted by atomic mass is 10.2. The Morgan fingerprint density at radius 2 is 1.88 bits per heavy atom. The predicted molar refractivity (Wildman–Crippen MR) is 64.1 cm³/mol. The van der Waals surface area contributed by atoms with Crippen molar-refractivity contribution in [3.8, 4) is 0 Å². The van der Waals surface area contributed by atoms with Gasteiger partial charge in [0, 0.05) is 0 Å². The maximum absolute atomic E-state index is 12.0. The lowest BCUT2D eigenvalue weighted by Gasteiger charge is -2.18. The third-order valence-electron chi connectivity index (χ3n) is 3.03. The number of likely N-dealkylation sites (tertiary alicyclic amines) is 1. The largest absolute Gasteiger partial charge is 0.298 e. The minimum Gasteiger partial charge on any atom is -0.298 e. The molecule has 4 heteroatoms. The van der Waals surface area contributed by atoms with Gasteiger partial charge in [-0.15, -0.1) is 0 Å². The molecule has 2 rings (SSSR count). The summed E-state index contributed by atoms with van der Waals surface area (Å²) < 4.78 is 0. The number of imide groups is 1. The summed E-state index contributed by atoms with van der Waals surface area (Å²) in [4.78, 5) is 27.0. The molecule has 0 saturated carbocycles. The molecule has 0 spiro atoms. The number of hydrogen-bond donors (Lipinski definition) is 0. The third-order valence-corrected chi connectivity index (χ3v) is 3.03. The average Bonchev–Trinajstić information content (AvgIpc) is 2.58. The van der Waals surface area contributed by atoms with Crippen LogP contribution in [0.2, 0.25) is 0 Å². The zero-order valence-electron chi connectivity index (χ0n) is 10.1. The second-order valence-corrected chi connectivity index (χ2v) is 4.49. The highest BCUT2D eigenvalue weighted by atomic mass is 16.2. The van der Waals surface area contributed by atoms with Gasteiger partial charge >= 0.3 is 0 Å². The van der Waals surface area contributed by atoms with Crippen molar-refractivity contribution in [1.29, 1.82) is 0 Å². The Hall–Kier alpha value is -1.68. The summed E-state index contributed by atoms with van der Waals surface area (Å²) >= 11 is 0. The number of benzene rings is 1. The monoisotopic (exact) mass is 232 g/mol. The molecule has 17 heavy (non-hydrogen) atoms.